The van der Waals surface area contributed by atoms with Crippen LogP contribution in [0.4, 0.5) is 4.39 Å². The van der Waals surface area contributed by atoms with E-state index in [-0.39, 0.29) is 11.7 Å². The summed E-state index contributed by atoms with van der Waals surface area (Å²) in [6, 6.07) is 6.29. The Kier molecular flexibility index (Phi) is 5.35. The van der Waals surface area contributed by atoms with E-state index in [2.05, 4.69) is 15.4 Å². The van der Waals surface area contributed by atoms with E-state index < -0.39 is 0 Å². The molecule has 0 saturated carbocycles. The average molecular weight is 281 g/mol. The van der Waals surface area contributed by atoms with Crippen LogP contribution in [0.25, 0.3) is 0 Å². The molecule has 1 N–H and O–H groups in total. The van der Waals surface area contributed by atoms with Gasteiger partial charge < -0.3 is 0 Å². The number of amides is 1. The topological polar surface area (TPSA) is 44.7 Å². The molecule has 1 aromatic rings. The lowest BCUT2D eigenvalue weighted by Gasteiger charge is -2.24. The molecule has 1 amide bonds. The summed E-state index contributed by atoms with van der Waals surface area (Å²) in [7, 11) is 0. The summed E-state index contributed by atoms with van der Waals surface area (Å²) in [5.74, 6) is 1.60. The second-order valence-electron chi connectivity index (χ2n) is 4.20. The molecule has 0 bridgehead atoms. The fourth-order valence-corrected chi connectivity index (χ4v) is 2.73. The number of hydrogen-bond donors (Lipinski definition) is 1. The third-order valence-corrected chi connectivity index (χ3v) is 3.71. The van der Waals surface area contributed by atoms with E-state index >= 15 is 0 Å². The van der Waals surface area contributed by atoms with Crippen LogP contribution in [0.1, 0.15) is 5.56 Å². The quantitative estimate of drug-likeness (QED) is 0.669. The van der Waals surface area contributed by atoms with E-state index in [9.17, 15) is 9.18 Å². The molecule has 1 saturated heterocycles. The van der Waals surface area contributed by atoms with Crippen LogP contribution in [0.15, 0.2) is 29.4 Å². The minimum absolute atomic E-state index is 0.167. The third kappa shape index (κ3) is 4.65. The van der Waals surface area contributed by atoms with Crippen molar-refractivity contribution in [2.24, 2.45) is 5.10 Å². The standard InChI is InChI=1S/C13H16FN3OS/c14-12-4-2-1-3-11(12)9-15-16-13(18)10-17-5-7-19-8-6-17/h1-4,9H,5-8,10H2,(H,16,18)/b15-9+. The largest absolute Gasteiger partial charge is 0.293 e. The minimum Gasteiger partial charge on any atom is -0.293 e. The highest BCUT2D eigenvalue weighted by molar-refractivity contribution is 7.99. The number of rotatable bonds is 4. The molecule has 1 heterocycles. The van der Waals surface area contributed by atoms with Gasteiger partial charge in [0, 0.05) is 30.2 Å². The summed E-state index contributed by atoms with van der Waals surface area (Å²) in [5.41, 5.74) is 2.78. The van der Waals surface area contributed by atoms with Crippen LogP contribution < -0.4 is 5.43 Å². The number of carbonyl (C=O) groups is 1. The molecule has 0 atom stereocenters. The van der Waals surface area contributed by atoms with Gasteiger partial charge in [0.25, 0.3) is 5.91 Å². The maximum absolute atomic E-state index is 13.3. The first kappa shape index (κ1) is 14.0. The highest BCUT2D eigenvalue weighted by Crippen LogP contribution is 2.08. The summed E-state index contributed by atoms with van der Waals surface area (Å²) >= 11 is 1.90. The molecule has 6 heteroatoms. The van der Waals surface area contributed by atoms with Crippen LogP contribution in [-0.2, 0) is 4.79 Å². The molecule has 1 aromatic carbocycles. The lowest BCUT2D eigenvalue weighted by atomic mass is 10.2. The fraction of sp³-hybridized carbons (Fsp3) is 0.385. The first-order valence-corrected chi connectivity index (χ1v) is 7.28. The predicted molar refractivity (Wildman–Crippen MR) is 75.9 cm³/mol. The summed E-state index contributed by atoms with van der Waals surface area (Å²) < 4.78 is 13.3. The molecule has 19 heavy (non-hydrogen) atoms. The van der Waals surface area contributed by atoms with Crippen molar-refractivity contribution < 1.29 is 9.18 Å². The van der Waals surface area contributed by atoms with Crippen molar-refractivity contribution in [3.8, 4) is 0 Å². The molecule has 0 aliphatic carbocycles. The van der Waals surface area contributed by atoms with Crippen molar-refractivity contribution in [1.82, 2.24) is 10.3 Å². The zero-order valence-corrected chi connectivity index (χ0v) is 11.3. The van der Waals surface area contributed by atoms with Crippen LogP contribution in [0.5, 0.6) is 0 Å². The lowest BCUT2D eigenvalue weighted by molar-refractivity contribution is -0.122. The zero-order valence-electron chi connectivity index (χ0n) is 10.5. The van der Waals surface area contributed by atoms with Gasteiger partial charge in [-0.15, -0.1) is 0 Å². The smallest absolute Gasteiger partial charge is 0.254 e. The number of thioether (sulfide) groups is 1. The number of benzene rings is 1. The first-order chi connectivity index (χ1) is 9.25. The van der Waals surface area contributed by atoms with Crippen LogP contribution in [-0.4, -0.2) is 48.2 Å². The molecule has 1 fully saturated rings. The van der Waals surface area contributed by atoms with Gasteiger partial charge in [-0.3, -0.25) is 9.69 Å². The van der Waals surface area contributed by atoms with Gasteiger partial charge in [0.2, 0.25) is 0 Å². The molecule has 1 aliphatic heterocycles. The second-order valence-corrected chi connectivity index (χ2v) is 5.43. The Labute approximate surface area is 116 Å². The monoisotopic (exact) mass is 281 g/mol. The molecular formula is C13H16FN3OS. The average Bonchev–Trinajstić information content (AvgIpc) is 2.42. The number of halogens is 1. The Morgan fingerprint density at radius 3 is 2.89 bits per heavy atom. The van der Waals surface area contributed by atoms with E-state index in [1.54, 1.807) is 18.2 Å². The highest BCUT2D eigenvalue weighted by Gasteiger charge is 2.13. The van der Waals surface area contributed by atoms with Crippen molar-refractivity contribution in [2.75, 3.05) is 31.1 Å². The van der Waals surface area contributed by atoms with Gasteiger partial charge in [0.15, 0.2) is 0 Å². The Balaban J connectivity index is 1.78. The third-order valence-electron chi connectivity index (χ3n) is 2.77. The van der Waals surface area contributed by atoms with Gasteiger partial charge in [-0.05, 0) is 6.07 Å². The highest BCUT2D eigenvalue weighted by atomic mass is 32.2. The number of nitrogens with one attached hydrogen (secondary N) is 1. The Morgan fingerprint density at radius 1 is 1.42 bits per heavy atom. The second kappa shape index (κ2) is 7.25. The van der Waals surface area contributed by atoms with Crippen molar-refractivity contribution in [1.29, 1.82) is 0 Å². The summed E-state index contributed by atoms with van der Waals surface area (Å²) in [4.78, 5) is 13.7. The summed E-state index contributed by atoms with van der Waals surface area (Å²) in [6.07, 6.45) is 1.32. The molecule has 102 valence electrons. The van der Waals surface area contributed by atoms with Crippen LogP contribution in [0.2, 0.25) is 0 Å². The number of carbonyl (C=O) groups excluding carboxylic acids is 1. The molecule has 4 nitrogen and oxygen atoms in total. The molecule has 0 spiro atoms. The molecular weight excluding hydrogens is 265 g/mol. The Bertz CT molecular complexity index is 461. The molecule has 0 unspecified atom stereocenters. The predicted octanol–water partition coefficient (Wildman–Crippen LogP) is 1.32. The molecule has 1 aliphatic rings. The minimum atomic E-state index is -0.353. The van der Waals surface area contributed by atoms with Gasteiger partial charge in [0.1, 0.15) is 5.82 Å². The first-order valence-electron chi connectivity index (χ1n) is 6.12. The van der Waals surface area contributed by atoms with Crippen LogP contribution >= 0.6 is 11.8 Å². The maximum atomic E-state index is 13.3. The van der Waals surface area contributed by atoms with Gasteiger partial charge >= 0.3 is 0 Å². The van der Waals surface area contributed by atoms with Gasteiger partial charge in [-0.25, -0.2) is 9.82 Å². The zero-order chi connectivity index (χ0) is 13.5. The molecule has 2 rings (SSSR count). The molecule has 0 aromatic heterocycles. The normalized spacial score (nSPS) is 16.7. The van der Waals surface area contributed by atoms with Crippen molar-refractivity contribution in [3.63, 3.8) is 0 Å². The van der Waals surface area contributed by atoms with Crippen LogP contribution in [0, 0.1) is 5.82 Å². The van der Waals surface area contributed by atoms with Crippen LogP contribution in [0.3, 0.4) is 0 Å². The van der Waals surface area contributed by atoms with E-state index in [1.807, 2.05) is 11.8 Å². The van der Waals surface area contributed by atoms with E-state index in [0.29, 0.717) is 12.1 Å². The number of hydrogen-bond acceptors (Lipinski definition) is 4. The van der Waals surface area contributed by atoms with Gasteiger partial charge in [-0.2, -0.15) is 16.9 Å². The van der Waals surface area contributed by atoms with Crippen molar-refractivity contribution >= 4 is 23.9 Å². The maximum Gasteiger partial charge on any atom is 0.254 e. The SMILES string of the molecule is O=C(CN1CCSCC1)N/N=C/c1ccccc1F. The lowest BCUT2D eigenvalue weighted by Crippen LogP contribution is -2.40. The van der Waals surface area contributed by atoms with Crippen molar-refractivity contribution in [3.05, 3.63) is 35.6 Å². The number of nitrogens with zero attached hydrogens (tertiary/aromatic N) is 2. The fourth-order valence-electron chi connectivity index (χ4n) is 1.75. The Morgan fingerprint density at radius 2 is 2.16 bits per heavy atom. The van der Waals surface area contributed by atoms with E-state index in [4.69, 9.17) is 0 Å². The number of hydrazone groups is 1. The van der Waals surface area contributed by atoms with Crippen molar-refractivity contribution in [2.45, 2.75) is 0 Å². The summed E-state index contributed by atoms with van der Waals surface area (Å²) in [6.45, 7) is 2.19. The summed E-state index contributed by atoms with van der Waals surface area (Å²) in [5, 5.41) is 3.77. The van der Waals surface area contributed by atoms with Gasteiger partial charge in [0.05, 0.1) is 12.8 Å². The van der Waals surface area contributed by atoms with E-state index in [0.717, 1.165) is 24.6 Å². The molecule has 0 radical (unpaired) electrons. The Hall–Kier alpha value is -1.40. The van der Waals surface area contributed by atoms with E-state index in [1.165, 1.54) is 12.3 Å². The van der Waals surface area contributed by atoms with Gasteiger partial charge in [-0.1, -0.05) is 18.2 Å².